The SMILES string of the molecule is Cc1nc(CSc2ccccc2C(=O)N2CCCc3ccccc32)cs1. The Morgan fingerprint density at radius 3 is 2.85 bits per heavy atom. The van der Waals surface area contributed by atoms with Gasteiger partial charge in [0.25, 0.3) is 5.91 Å². The molecule has 0 atom stereocenters. The number of amides is 1. The summed E-state index contributed by atoms with van der Waals surface area (Å²) in [5.41, 5.74) is 4.16. The maximum atomic E-state index is 13.3. The molecule has 0 fully saturated rings. The van der Waals surface area contributed by atoms with Gasteiger partial charge in [-0.25, -0.2) is 4.98 Å². The van der Waals surface area contributed by atoms with Crippen LogP contribution in [0.3, 0.4) is 0 Å². The smallest absolute Gasteiger partial charge is 0.259 e. The van der Waals surface area contributed by atoms with E-state index in [2.05, 4.69) is 22.5 Å². The van der Waals surface area contributed by atoms with Crippen molar-refractivity contribution in [1.82, 2.24) is 4.98 Å². The molecule has 0 saturated heterocycles. The second-order valence-electron chi connectivity index (χ2n) is 6.33. The predicted octanol–water partition coefficient (Wildman–Crippen LogP) is 5.34. The number of para-hydroxylation sites is 1. The Balaban J connectivity index is 1.59. The molecule has 132 valence electrons. The van der Waals surface area contributed by atoms with E-state index >= 15 is 0 Å². The van der Waals surface area contributed by atoms with E-state index in [1.165, 1.54) is 5.56 Å². The number of anilines is 1. The summed E-state index contributed by atoms with van der Waals surface area (Å²) in [6, 6.07) is 16.2. The van der Waals surface area contributed by atoms with Crippen LogP contribution in [0, 0.1) is 6.92 Å². The Bertz CT molecular complexity index is 935. The van der Waals surface area contributed by atoms with E-state index in [1.807, 2.05) is 48.2 Å². The Morgan fingerprint density at radius 2 is 2.00 bits per heavy atom. The number of benzene rings is 2. The first-order chi connectivity index (χ1) is 12.7. The van der Waals surface area contributed by atoms with Crippen LogP contribution in [-0.2, 0) is 12.2 Å². The van der Waals surface area contributed by atoms with Gasteiger partial charge in [-0.15, -0.1) is 23.1 Å². The molecule has 0 aliphatic carbocycles. The van der Waals surface area contributed by atoms with Crippen LogP contribution in [0.15, 0.2) is 58.8 Å². The Hall–Kier alpha value is -2.11. The highest BCUT2D eigenvalue weighted by Crippen LogP contribution is 2.32. The highest BCUT2D eigenvalue weighted by Gasteiger charge is 2.24. The molecule has 0 unspecified atom stereocenters. The van der Waals surface area contributed by atoms with Gasteiger partial charge in [0.1, 0.15) is 0 Å². The molecule has 1 aliphatic heterocycles. The van der Waals surface area contributed by atoms with Crippen molar-refractivity contribution >= 4 is 34.7 Å². The van der Waals surface area contributed by atoms with Crippen LogP contribution in [0.5, 0.6) is 0 Å². The van der Waals surface area contributed by atoms with Gasteiger partial charge >= 0.3 is 0 Å². The first-order valence-electron chi connectivity index (χ1n) is 8.75. The first kappa shape index (κ1) is 17.3. The lowest BCUT2D eigenvalue weighted by Crippen LogP contribution is -2.35. The molecule has 2 aromatic carbocycles. The summed E-state index contributed by atoms with van der Waals surface area (Å²) in [4.78, 5) is 20.8. The first-order valence-corrected chi connectivity index (χ1v) is 10.6. The number of hydrogen-bond donors (Lipinski definition) is 0. The molecule has 2 heterocycles. The topological polar surface area (TPSA) is 33.2 Å². The molecule has 3 nitrogen and oxygen atoms in total. The Morgan fingerprint density at radius 1 is 1.19 bits per heavy atom. The van der Waals surface area contributed by atoms with Crippen LogP contribution in [0.1, 0.15) is 33.0 Å². The number of thioether (sulfide) groups is 1. The molecule has 3 aromatic rings. The standard InChI is InChI=1S/C21H20N2OS2/c1-15-22-17(13-25-15)14-26-20-11-5-3-9-18(20)21(24)23-12-6-8-16-7-2-4-10-19(16)23/h2-5,7,9-11,13H,6,8,12,14H2,1H3. The van der Waals surface area contributed by atoms with Gasteiger partial charge < -0.3 is 4.90 Å². The van der Waals surface area contributed by atoms with E-state index in [1.54, 1.807) is 23.1 Å². The number of hydrogen-bond acceptors (Lipinski definition) is 4. The fraction of sp³-hybridized carbons (Fsp3) is 0.238. The van der Waals surface area contributed by atoms with Crippen LogP contribution >= 0.6 is 23.1 Å². The molecule has 0 spiro atoms. The van der Waals surface area contributed by atoms with Gasteiger partial charge in [-0.2, -0.15) is 0 Å². The minimum Gasteiger partial charge on any atom is -0.308 e. The van der Waals surface area contributed by atoms with Gasteiger partial charge in [0.05, 0.1) is 16.3 Å². The van der Waals surface area contributed by atoms with Gasteiger partial charge in [-0.05, 0) is 43.5 Å². The third-order valence-electron chi connectivity index (χ3n) is 4.51. The third kappa shape index (κ3) is 3.55. The van der Waals surface area contributed by atoms with Crippen molar-refractivity contribution in [2.75, 3.05) is 11.4 Å². The van der Waals surface area contributed by atoms with Gasteiger partial charge in [0.2, 0.25) is 0 Å². The number of aromatic nitrogens is 1. The molecule has 1 aliphatic rings. The molecule has 1 aromatic heterocycles. The van der Waals surface area contributed by atoms with Gasteiger partial charge in [-0.1, -0.05) is 30.3 Å². The number of aryl methyl sites for hydroxylation is 2. The largest absolute Gasteiger partial charge is 0.308 e. The fourth-order valence-corrected chi connectivity index (χ4v) is 4.94. The van der Waals surface area contributed by atoms with Crippen LogP contribution in [0.25, 0.3) is 0 Å². The lowest BCUT2D eigenvalue weighted by molar-refractivity contribution is 0.0982. The average Bonchev–Trinajstić information content (AvgIpc) is 3.11. The van der Waals surface area contributed by atoms with E-state index in [4.69, 9.17) is 0 Å². The van der Waals surface area contributed by atoms with Gasteiger partial charge in [0.15, 0.2) is 0 Å². The molecule has 0 radical (unpaired) electrons. The maximum absolute atomic E-state index is 13.3. The van der Waals surface area contributed by atoms with Gasteiger partial charge in [-0.3, -0.25) is 4.79 Å². The minimum absolute atomic E-state index is 0.0923. The zero-order valence-electron chi connectivity index (χ0n) is 14.6. The average molecular weight is 381 g/mol. The monoisotopic (exact) mass is 380 g/mol. The summed E-state index contributed by atoms with van der Waals surface area (Å²) in [5, 5.41) is 3.17. The zero-order chi connectivity index (χ0) is 17.9. The number of thiazole rings is 1. The molecule has 5 heteroatoms. The second-order valence-corrected chi connectivity index (χ2v) is 8.41. The van der Waals surface area contributed by atoms with Crippen molar-refractivity contribution < 1.29 is 4.79 Å². The van der Waals surface area contributed by atoms with Crippen molar-refractivity contribution in [3.63, 3.8) is 0 Å². The highest BCUT2D eigenvalue weighted by atomic mass is 32.2. The summed E-state index contributed by atoms with van der Waals surface area (Å²) in [5.74, 6) is 0.875. The fourth-order valence-electron chi connectivity index (χ4n) is 3.29. The number of carbonyl (C=O) groups excluding carboxylic acids is 1. The van der Waals surface area contributed by atoms with Crippen molar-refractivity contribution in [3.05, 3.63) is 75.7 Å². The van der Waals surface area contributed by atoms with Gasteiger partial charge in [0, 0.05) is 28.3 Å². The molecule has 0 bridgehead atoms. The molecule has 1 amide bonds. The Labute approximate surface area is 162 Å². The number of fused-ring (bicyclic) bond motifs is 1. The van der Waals surface area contributed by atoms with Crippen molar-refractivity contribution in [2.24, 2.45) is 0 Å². The van der Waals surface area contributed by atoms with Crippen LogP contribution < -0.4 is 4.90 Å². The highest BCUT2D eigenvalue weighted by molar-refractivity contribution is 7.98. The summed E-state index contributed by atoms with van der Waals surface area (Å²) >= 11 is 3.35. The van der Waals surface area contributed by atoms with Crippen molar-refractivity contribution in [1.29, 1.82) is 0 Å². The number of nitrogens with zero attached hydrogens (tertiary/aromatic N) is 2. The molecular weight excluding hydrogens is 360 g/mol. The molecule has 26 heavy (non-hydrogen) atoms. The molecule has 4 rings (SSSR count). The summed E-state index contributed by atoms with van der Waals surface area (Å²) < 4.78 is 0. The molecular formula is C21H20N2OS2. The van der Waals surface area contributed by atoms with E-state index in [9.17, 15) is 4.79 Å². The summed E-state index contributed by atoms with van der Waals surface area (Å²) in [6.07, 6.45) is 2.05. The summed E-state index contributed by atoms with van der Waals surface area (Å²) in [7, 11) is 0. The number of carbonyl (C=O) groups is 1. The lowest BCUT2D eigenvalue weighted by Gasteiger charge is -2.30. The Kier molecular flexibility index (Phi) is 5.09. The second kappa shape index (κ2) is 7.64. The lowest BCUT2D eigenvalue weighted by atomic mass is 10.0. The normalized spacial score (nSPS) is 13.5. The molecule has 0 N–H and O–H groups in total. The van der Waals surface area contributed by atoms with E-state index < -0.39 is 0 Å². The third-order valence-corrected chi connectivity index (χ3v) is 6.44. The van der Waals surface area contributed by atoms with E-state index in [0.717, 1.165) is 52.0 Å². The maximum Gasteiger partial charge on any atom is 0.259 e. The van der Waals surface area contributed by atoms with Crippen LogP contribution in [0.2, 0.25) is 0 Å². The minimum atomic E-state index is 0.0923. The number of rotatable bonds is 4. The zero-order valence-corrected chi connectivity index (χ0v) is 16.3. The predicted molar refractivity (Wildman–Crippen MR) is 109 cm³/mol. The quantitative estimate of drug-likeness (QED) is 0.573. The van der Waals surface area contributed by atoms with Crippen LogP contribution in [-0.4, -0.2) is 17.4 Å². The molecule has 0 saturated carbocycles. The van der Waals surface area contributed by atoms with E-state index in [0.29, 0.717) is 0 Å². The van der Waals surface area contributed by atoms with E-state index in [-0.39, 0.29) is 5.91 Å². The summed E-state index contributed by atoms with van der Waals surface area (Å²) in [6.45, 7) is 2.80. The van der Waals surface area contributed by atoms with Crippen molar-refractivity contribution in [2.45, 2.75) is 30.4 Å². The van der Waals surface area contributed by atoms with Crippen molar-refractivity contribution in [3.8, 4) is 0 Å². The van der Waals surface area contributed by atoms with Crippen LogP contribution in [0.4, 0.5) is 5.69 Å².